The lowest BCUT2D eigenvalue weighted by Crippen LogP contribution is -2.61. The van der Waals surface area contributed by atoms with Crippen molar-refractivity contribution in [1.29, 1.82) is 0 Å². The van der Waals surface area contributed by atoms with E-state index in [-0.39, 0.29) is 29.8 Å². The van der Waals surface area contributed by atoms with E-state index in [1.807, 2.05) is 24.3 Å². The SMILES string of the molecule is NC1CC2CCC(C1)N2C(=O)[C@H](NC(=O)[C@H](O)c1ccc2cc(OC3CCCC3)ccc2c1)C(F)(F)c1ccc2cc(Br)ccc2c1. The predicted molar refractivity (Wildman–Crippen MR) is 180 cm³/mol. The second-order valence-corrected chi connectivity index (χ2v) is 14.2. The fraction of sp³-hybridized carbons (Fsp3) is 0.405. The maximum atomic E-state index is 16.6. The van der Waals surface area contributed by atoms with E-state index in [9.17, 15) is 14.7 Å². The maximum Gasteiger partial charge on any atom is 0.302 e. The number of carbonyl (C=O) groups excluding carboxylic acids is 2. The van der Waals surface area contributed by atoms with Crippen LogP contribution in [0.3, 0.4) is 0 Å². The second-order valence-electron chi connectivity index (χ2n) is 13.3. The average molecular weight is 707 g/mol. The van der Waals surface area contributed by atoms with Gasteiger partial charge in [0.25, 0.3) is 11.8 Å². The standard InChI is InChI=1S/C37H38BrF2N3O4/c38-27-11-8-22-16-26(10-7-23(22)17-27)37(39,40)34(36(46)43-29-12-13-30(43)20-28(41)19-29)42-35(45)33(44)25-6-5-24-18-32(14-9-21(24)15-25)47-31-3-1-2-4-31/h5-11,14-18,28-31,33-34,44H,1-4,12-13,19-20,41H2,(H,42,45)/t28?,29?,30?,33-,34+/m1/s1. The molecule has 4 aromatic carbocycles. The van der Waals surface area contributed by atoms with Gasteiger partial charge in [0.05, 0.1) is 6.10 Å². The molecular weight excluding hydrogens is 668 g/mol. The summed E-state index contributed by atoms with van der Waals surface area (Å²) >= 11 is 3.41. The molecule has 10 heteroatoms. The molecule has 2 saturated heterocycles. The molecule has 0 radical (unpaired) electrons. The fourth-order valence-corrected chi connectivity index (χ4v) is 8.06. The summed E-state index contributed by atoms with van der Waals surface area (Å²) in [6, 6.07) is 17.3. The lowest BCUT2D eigenvalue weighted by molar-refractivity contribution is -0.155. The first-order chi connectivity index (χ1) is 22.6. The van der Waals surface area contributed by atoms with Gasteiger partial charge in [-0.05, 0) is 115 Å². The van der Waals surface area contributed by atoms with E-state index in [0.717, 1.165) is 52.1 Å². The number of rotatable bonds is 8. The average Bonchev–Trinajstić information content (AvgIpc) is 3.67. The van der Waals surface area contributed by atoms with Crippen LogP contribution < -0.4 is 15.8 Å². The number of aliphatic hydroxyl groups excluding tert-OH is 1. The Labute approximate surface area is 280 Å². The summed E-state index contributed by atoms with van der Waals surface area (Å²) in [6.45, 7) is 0. The molecule has 7 rings (SSSR count). The van der Waals surface area contributed by atoms with Crippen LogP contribution in [0.15, 0.2) is 77.3 Å². The number of nitrogens with two attached hydrogens (primary N) is 1. The minimum atomic E-state index is -3.79. The monoisotopic (exact) mass is 705 g/mol. The Morgan fingerprint density at radius 1 is 0.872 bits per heavy atom. The van der Waals surface area contributed by atoms with Crippen molar-refractivity contribution in [3.63, 3.8) is 0 Å². The van der Waals surface area contributed by atoms with Gasteiger partial charge in [0.2, 0.25) is 0 Å². The van der Waals surface area contributed by atoms with Gasteiger partial charge in [-0.25, -0.2) is 0 Å². The first kappa shape index (κ1) is 32.0. The highest BCUT2D eigenvalue weighted by molar-refractivity contribution is 9.10. The molecule has 4 atom stereocenters. The van der Waals surface area contributed by atoms with Gasteiger partial charge < -0.3 is 25.8 Å². The van der Waals surface area contributed by atoms with Crippen LogP contribution >= 0.6 is 15.9 Å². The fourth-order valence-electron chi connectivity index (χ4n) is 7.68. The quantitative estimate of drug-likeness (QED) is 0.186. The number of alkyl halides is 2. The Bertz CT molecular complexity index is 1820. The van der Waals surface area contributed by atoms with Crippen molar-refractivity contribution in [2.45, 2.75) is 93.7 Å². The molecular formula is C37H38BrF2N3O4. The molecule has 7 nitrogen and oxygen atoms in total. The molecule has 2 heterocycles. The van der Waals surface area contributed by atoms with Crippen molar-refractivity contribution < 1.29 is 28.2 Å². The Hall–Kier alpha value is -3.60. The van der Waals surface area contributed by atoms with Crippen molar-refractivity contribution in [1.82, 2.24) is 10.2 Å². The normalized spacial score (nSPS) is 22.8. The molecule has 1 aliphatic carbocycles. The molecule has 2 amide bonds. The molecule has 1 saturated carbocycles. The van der Waals surface area contributed by atoms with Crippen LogP contribution in [0.5, 0.6) is 5.75 Å². The third-order valence-corrected chi connectivity index (χ3v) is 10.6. The number of nitrogens with zero attached hydrogens (tertiary/aromatic N) is 1. The summed E-state index contributed by atoms with van der Waals surface area (Å²) in [4.78, 5) is 29.2. The van der Waals surface area contributed by atoms with E-state index in [1.54, 1.807) is 36.4 Å². The van der Waals surface area contributed by atoms with Gasteiger partial charge in [0.1, 0.15) is 5.75 Å². The third kappa shape index (κ3) is 6.35. The van der Waals surface area contributed by atoms with Crippen LogP contribution in [0.4, 0.5) is 8.78 Å². The highest BCUT2D eigenvalue weighted by atomic mass is 79.9. The predicted octanol–water partition coefficient (Wildman–Crippen LogP) is 6.87. The minimum Gasteiger partial charge on any atom is -0.490 e. The zero-order chi connectivity index (χ0) is 32.9. The number of benzene rings is 4. The topological polar surface area (TPSA) is 105 Å². The van der Waals surface area contributed by atoms with Gasteiger partial charge in [-0.2, -0.15) is 8.78 Å². The van der Waals surface area contributed by atoms with E-state index in [0.29, 0.717) is 31.1 Å². The zero-order valence-electron chi connectivity index (χ0n) is 25.9. The van der Waals surface area contributed by atoms with Gasteiger partial charge in [-0.3, -0.25) is 9.59 Å². The van der Waals surface area contributed by atoms with E-state index < -0.39 is 35.4 Å². The number of hydrogen-bond donors (Lipinski definition) is 3. The van der Waals surface area contributed by atoms with Crippen LogP contribution in [-0.4, -0.2) is 52.1 Å². The van der Waals surface area contributed by atoms with E-state index >= 15 is 8.78 Å². The van der Waals surface area contributed by atoms with Crippen molar-refractivity contribution >= 4 is 49.3 Å². The van der Waals surface area contributed by atoms with Crippen LogP contribution in [0.25, 0.3) is 21.5 Å². The molecule has 0 spiro atoms. The molecule has 47 heavy (non-hydrogen) atoms. The van der Waals surface area contributed by atoms with E-state index in [1.165, 1.54) is 17.0 Å². The van der Waals surface area contributed by atoms with E-state index in [4.69, 9.17) is 10.5 Å². The molecule has 3 fully saturated rings. The number of fused-ring (bicyclic) bond motifs is 4. The molecule has 2 unspecified atom stereocenters. The number of piperidine rings is 1. The Morgan fingerprint density at radius 3 is 2.23 bits per heavy atom. The van der Waals surface area contributed by atoms with E-state index in [2.05, 4.69) is 21.2 Å². The van der Waals surface area contributed by atoms with Gasteiger partial charge in [0, 0.05) is 28.2 Å². The van der Waals surface area contributed by atoms with Crippen LogP contribution in [0.2, 0.25) is 0 Å². The van der Waals surface area contributed by atoms with Crippen LogP contribution in [-0.2, 0) is 15.5 Å². The lowest BCUT2D eigenvalue weighted by Gasteiger charge is -2.41. The van der Waals surface area contributed by atoms with Crippen LogP contribution in [0.1, 0.15) is 68.6 Å². The van der Waals surface area contributed by atoms with Crippen molar-refractivity contribution in [3.8, 4) is 5.75 Å². The number of amides is 2. The number of aliphatic hydroxyl groups is 1. The zero-order valence-corrected chi connectivity index (χ0v) is 27.5. The number of hydrogen-bond acceptors (Lipinski definition) is 5. The Kier molecular flexibility index (Phi) is 8.70. The molecule has 246 valence electrons. The summed E-state index contributed by atoms with van der Waals surface area (Å²) in [5, 5.41) is 16.4. The second kappa shape index (κ2) is 12.8. The molecule has 4 N–H and O–H groups in total. The van der Waals surface area contributed by atoms with Crippen LogP contribution in [0, 0.1) is 0 Å². The summed E-state index contributed by atoms with van der Waals surface area (Å²) in [7, 11) is 0. The lowest BCUT2D eigenvalue weighted by atomic mass is 9.93. The first-order valence-corrected chi connectivity index (χ1v) is 17.2. The summed E-state index contributed by atoms with van der Waals surface area (Å²) in [5.74, 6) is -4.97. The molecule has 4 aromatic rings. The molecule has 0 aromatic heterocycles. The highest BCUT2D eigenvalue weighted by Crippen LogP contribution is 2.40. The summed E-state index contributed by atoms with van der Waals surface area (Å²) in [6.07, 6.45) is 5.21. The maximum absolute atomic E-state index is 16.6. The largest absolute Gasteiger partial charge is 0.490 e. The van der Waals surface area contributed by atoms with Crippen molar-refractivity contribution in [2.75, 3.05) is 0 Å². The van der Waals surface area contributed by atoms with Gasteiger partial charge >= 0.3 is 5.92 Å². The highest BCUT2D eigenvalue weighted by Gasteiger charge is 2.53. The number of ether oxygens (including phenoxy) is 1. The smallest absolute Gasteiger partial charge is 0.302 e. The summed E-state index contributed by atoms with van der Waals surface area (Å²) < 4.78 is 40.1. The van der Waals surface area contributed by atoms with Crippen molar-refractivity contribution in [3.05, 3.63) is 88.4 Å². The van der Waals surface area contributed by atoms with Crippen molar-refractivity contribution in [2.24, 2.45) is 5.73 Å². The minimum absolute atomic E-state index is 0.106. The molecule has 2 bridgehead atoms. The van der Waals surface area contributed by atoms with Gasteiger partial charge in [-0.15, -0.1) is 0 Å². The number of carbonyl (C=O) groups is 2. The summed E-state index contributed by atoms with van der Waals surface area (Å²) in [5.41, 5.74) is 6.03. The number of nitrogens with one attached hydrogen (secondary N) is 1. The van der Waals surface area contributed by atoms with Gasteiger partial charge in [-0.1, -0.05) is 52.3 Å². The number of halogens is 3. The van der Waals surface area contributed by atoms with Gasteiger partial charge in [0.15, 0.2) is 12.1 Å². The Morgan fingerprint density at radius 2 is 1.49 bits per heavy atom. The molecule has 2 aliphatic heterocycles. The first-order valence-electron chi connectivity index (χ1n) is 16.4. The third-order valence-electron chi connectivity index (χ3n) is 10.1. The Balaban J connectivity index is 1.17. The molecule has 3 aliphatic rings.